The monoisotopic (exact) mass is 294 g/mol. The molecule has 0 bridgehead atoms. The number of nitrogens with zero attached hydrogens (tertiary/aromatic N) is 3. The maximum atomic E-state index is 6.26. The van der Waals surface area contributed by atoms with Gasteiger partial charge in [0.15, 0.2) is 0 Å². The van der Waals surface area contributed by atoms with Gasteiger partial charge in [-0.25, -0.2) is 4.98 Å². The van der Waals surface area contributed by atoms with Crippen LogP contribution in [0, 0.1) is 0 Å². The van der Waals surface area contributed by atoms with Crippen molar-refractivity contribution in [2.24, 2.45) is 0 Å². The van der Waals surface area contributed by atoms with Crippen LogP contribution in [0.25, 0.3) is 11.0 Å². The lowest BCUT2D eigenvalue weighted by molar-refractivity contribution is 0.266. The van der Waals surface area contributed by atoms with Gasteiger partial charge >= 0.3 is 0 Å². The van der Waals surface area contributed by atoms with Crippen LogP contribution in [-0.2, 0) is 6.54 Å². The molecule has 4 nitrogen and oxygen atoms in total. The summed E-state index contributed by atoms with van der Waals surface area (Å²) in [6.45, 7) is 6.37. The van der Waals surface area contributed by atoms with E-state index in [9.17, 15) is 0 Å². The minimum Gasteiger partial charge on any atom is -0.369 e. The fraction of sp³-hybridized carbons (Fsp3) is 0.533. The van der Waals surface area contributed by atoms with Gasteiger partial charge in [0, 0.05) is 12.6 Å². The minimum absolute atomic E-state index is 0.547. The average molecular weight is 295 g/mol. The van der Waals surface area contributed by atoms with Gasteiger partial charge in [0.1, 0.15) is 0 Å². The van der Waals surface area contributed by atoms with Crippen LogP contribution in [-0.4, -0.2) is 34.1 Å². The summed E-state index contributed by atoms with van der Waals surface area (Å²) in [7, 11) is 2.16. The van der Waals surface area contributed by atoms with E-state index < -0.39 is 0 Å². The van der Waals surface area contributed by atoms with Crippen molar-refractivity contribution >= 4 is 28.6 Å². The highest BCUT2D eigenvalue weighted by molar-refractivity contribution is 6.35. The smallest absolute Gasteiger partial charge is 0.201 e. The van der Waals surface area contributed by atoms with Crippen LogP contribution in [0.3, 0.4) is 0 Å². The first-order valence-corrected chi connectivity index (χ1v) is 7.49. The number of hydrogen-bond donors (Lipinski definition) is 1. The van der Waals surface area contributed by atoms with Gasteiger partial charge in [0.05, 0.1) is 16.1 Å². The van der Waals surface area contributed by atoms with Crippen molar-refractivity contribution < 1.29 is 0 Å². The predicted molar refractivity (Wildman–Crippen MR) is 86.2 cm³/mol. The molecule has 0 aliphatic carbocycles. The highest BCUT2D eigenvalue weighted by Gasteiger charge is 2.11. The Kier molecular flexibility index (Phi) is 4.89. The number of unbranched alkanes of at least 4 members (excludes halogenated alkanes) is 1. The van der Waals surface area contributed by atoms with Crippen LogP contribution in [0.2, 0.25) is 5.02 Å². The summed E-state index contributed by atoms with van der Waals surface area (Å²) in [5.41, 5.74) is 7.81. The van der Waals surface area contributed by atoms with Crippen LogP contribution in [0.15, 0.2) is 18.2 Å². The standard InChI is InChI=1S/C15H23ClN4/c1-11(2)19(3)9-4-5-10-20-14-12(16)7-6-8-13(14)18-15(20)17/h6-8,11H,4-5,9-10H2,1-3H3,(H2,17,18). The molecule has 2 aromatic rings. The molecular weight excluding hydrogens is 272 g/mol. The molecule has 0 saturated heterocycles. The summed E-state index contributed by atoms with van der Waals surface area (Å²) in [4.78, 5) is 6.71. The summed E-state index contributed by atoms with van der Waals surface area (Å²) in [6, 6.07) is 6.32. The Hall–Kier alpha value is -1.26. The van der Waals surface area contributed by atoms with Crippen molar-refractivity contribution in [2.45, 2.75) is 39.3 Å². The van der Waals surface area contributed by atoms with Gasteiger partial charge in [-0.2, -0.15) is 0 Å². The first-order valence-electron chi connectivity index (χ1n) is 7.11. The van der Waals surface area contributed by atoms with Gasteiger partial charge in [0.25, 0.3) is 0 Å². The summed E-state index contributed by atoms with van der Waals surface area (Å²) in [5.74, 6) is 0.547. The summed E-state index contributed by atoms with van der Waals surface area (Å²) in [5, 5.41) is 0.714. The molecule has 0 amide bonds. The fourth-order valence-corrected chi connectivity index (χ4v) is 2.55. The number of halogens is 1. The minimum atomic E-state index is 0.547. The molecule has 0 atom stereocenters. The van der Waals surface area contributed by atoms with E-state index >= 15 is 0 Å². The molecule has 0 fully saturated rings. The predicted octanol–water partition coefficient (Wildman–Crippen LogP) is 3.39. The SMILES string of the molecule is CC(C)N(C)CCCCn1c(N)nc2cccc(Cl)c21. The molecule has 1 aromatic heterocycles. The second kappa shape index (κ2) is 6.46. The van der Waals surface area contributed by atoms with Crippen molar-refractivity contribution in [2.75, 3.05) is 19.3 Å². The van der Waals surface area contributed by atoms with Crippen molar-refractivity contribution in [3.8, 4) is 0 Å². The Morgan fingerprint density at radius 3 is 2.80 bits per heavy atom. The highest BCUT2D eigenvalue weighted by Crippen LogP contribution is 2.25. The van der Waals surface area contributed by atoms with Crippen LogP contribution >= 0.6 is 11.6 Å². The second-order valence-corrected chi connectivity index (χ2v) is 5.92. The number of aromatic nitrogens is 2. The van der Waals surface area contributed by atoms with E-state index in [0.717, 1.165) is 37.0 Å². The molecule has 0 unspecified atom stereocenters. The number of anilines is 1. The zero-order valence-electron chi connectivity index (χ0n) is 12.4. The van der Waals surface area contributed by atoms with E-state index in [2.05, 4.69) is 30.8 Å². The molecule has 5 heteroatoms. The van der Waals surface area contributed by atoms with E-state index in [1.807, 2.05) is 22.8 Å². The van der Waals surface area contributed by atoms with Gasteiger partial charge in [-0.05, 0) is 52.4 Å². The van der Waals surface area contributed by atoms with E-state index in [-0.39, 0.29) is 0 Å². The molecule has 20 heavy (non-hydrogen) atoms. The Morgan fingerprint density at radius 1 is 1.35 bits per heavy atom. The van der Waals surface area contributed by atoms with Crippen LogP contribution in [0.1, 0.15) is 26.7 Å². The van der Waals surface area contributed by atoms with E-state index in [1.54, 1.807) is 0 Å². The highest BCUT2D eigenvalue weighted by atomic mass is 35.5. The first kappa shape index (κ1) is 15.1. The third kappa shape index (κ3) is 3.25. The molecular formula is C15H23ClN4. The van der Waals surface area contributed by atoms with Crippen molar-refractivity contribution in [3.05, 3.63) is 23.2 Å². The largest absolute Gasteiger partial charge is 0.369 e. The lowest BCUT2D eigenvalue weighted by Gasteiger charge is -2.20. The topological polar surface area (TPSA) is 47.1 Å². The Balaban J connectivity index is 2.01. The third-order valence-corrected chi connectivity index (χ3v) is 4.08. The fourth-order valence-electron chi connectivity index (χ4n) is 2.28. The number of fused-ring (bicyclic) bond motifs is 1. The molecule has 0 saturated carbocycles. The van der Waals surface area contributed by atoms with Crippen LogP contribution in [0.5, 0.6) is 0 Å². The molecule has 2 rings (SSSR count). The average Bonchev–Trinajstić information content (AvgIpc) is 2.71. The van der Waals surface area contributed by atoms with Crippen LogP contribution in [0.4, 0.5) is 5.95 Å². The van der Waals surface area contributed by atoms with Gasteiger partial charge in [-0.3, -0.25) is 0 Å². The van der Waals surface area contributed by atoms with Gasteiger partial charge in [-0.1, -0.05) is 17.7 Å². The first-order chi connectivity index (χ1) is 9.50. The number of nitrogen functional groups attached to an aromatic ring is 1. The number of nitrogens with two attached hydrogens (primary N) is 1. The lowest BCUT2D eigenvalue weighted by Crippen LogP contribution is -2.27. The molecule has 1 aromatic carbocycles. The Bertz CT molecular complexity index is 577. The molecule has 110 valence electrons. The zero-order valence-corrected chi connectivity index (χ0v) is 13.2. The van der Waals surface area contributed by atoms with E-state index in [1.165, 1.54) is 0 Å². The number of imidazole rings is 1. The summed E-state index contributed by atoms with van der Waals surface area (Å²) in [6.07, 6.45) is 2.20. The molecule has 0 spiro atoms. The van der Waals surface area contributed by atoms with Gasteiger partial charge < -0.3 is 15.2 Å². The van der Waals surface area contributed by atoms with Crippen molar-refractivity contribution in [3.63, 3.8) is 0 Å². The Morgan fingerprint density at radius 2 is 2.10 bits per heavy atom. The summed E-state index contributed by atoms with van der Waals surface area (Å²) < 4.78 is 2.02. The third-order valence-electron chi connectivity index (χ3n) is 3.77. The van der Waals surface area contributed by atoms with Crippen molar-refractivity contribution in [1.82, 2.24) is 14.5 Å². The van der Waals surface area contributed by atoms with Gasteiger partial charge in [0.2, 0.25) is 5.95 Å². The van der Waals surface area contributed by atoms with Gasteiger partial charge in [-0.15, -0.1) is 0 Å². The number of hydrogen-bond acceptors (Lipinski definition) is 3. The van der Waals surface area contributed by atoms with Crippen LogP contribution < -0.4 is 5.73 Å². The number of rotatable bonds is 6. The molecule has 0 radical (unpaired) electrons. The number of para-hydroxylation sites is 1. The summed E-state index contributed by atoms with van der Waals surface area (Å²) >= 11 is 6.26. The van der Waals surface area contributed by atoms with E-state index in [0.29, 0.717) is 17.0 Å². The molecule has 0 aliphatic heterocycles. The van der Waals surface area contributed by atoms with Crippen molar-refractivity contribution in [1.29, 1.82) is 0 Å². The quantitative estimate of drug-likeness (QED) is 0.831. The molecule has 0 aliphatic rings. The maximum absolute atomic E-state index is 6.26. The van der Waals surface area contributed by atoms with E-state index in [4.69, 9.17) is 17.3 Å². The molecule has 1 heterocycles. The number of aryl methyl sites for hydroxylation is 1. The second-order valence-electron chi connectivity index (χ2n) is 5.51. The Labute approximate surface area is 125 Å². The normalized spacial score (nSPS) is 11.9. The lowest BCUT2D eigenvalue weighted by atomic mass is 10.2. The zero-order chi connectivity index (χ0) is 14.7. The maximum Gasteiger partial charge on any atom is 0.201 e. The molecule has 2 N–H and O–H groups in total. The number of benzene rings is 1.